The van der Waals surface area contributed by atoms with Crippen molar-refractivity contribution < 1.29 is 0 Å². The Hall–Kier alpha value is -2.13. The standard InChI is InChI=1S/C16H14ClN3/c1-11-7-3-5-9-13(11)15-18-19-16(17)20(15)14-10-6-4-8-12(14)2/h3-10H,1-2H3. The molecule has 3 nitrogen and oxygen atoms in total. The third-order valence-corrected chi connectivity index (χ3v) is 3.61. The lowest BCUT2D eigenvalue weighted by Gasteiger charge is -2.11. The zero-order valence-electron chi connectivity index (χ0n) is 11.3. The summed E-state index contributed by atoms with van der Waals surface area (Å²) in [6.45, 7) is 4.10. The molecule has 0 aliphatic heterocycles. The number of hydrogen-bond acceptors (Lipinski definition) is 2. The maximum Gasteiger partial charge on any atom is 0.229 e. The first-order valence-corrected chi connectivity index (χ1v) is 6.79. The number of para-hydroxylation sites is 1. The largest absolute Gasteiger partial charge is 0.265 e. The molecular weight excluding hydrogens is 270 g/mol. The predicted octanol–water partition coefficient (Wildman–Crippen LogP) is 4.20. The summed E-state index contributed by atoms with van der Waals surface area (Å²) in [5.74, 6) is 0.766. The molecule has 4 heteroatoms. The van der Waals surface area contributed by atoms with E-state index in [1.54, 1.807) is 0 Å². The minimum atomic E-state index is 0.373. The van der Waals surface area contributed by atoms with Crippen molar-refractivity contribution in [2.24, 2.45) is 0 Å². The highest BCUT2D eigenvalue weighted by Gasteiger charge is 2.16. The number of hydrogen-bond donors (Lipinski definition) is 0. The van der Waals surface area contributed by atoms with Crippen LogP contribution in [0.1, 0.15) is 11.1 Å². The van der Waals surface area contributed by atoms with Crippen LogP contribution in [0.15, 0.2) is 48.5 Å². The molecule has 0 fully saturated rings. The van der Waals surface area contributed by atoms with Crippen LogP contribution in [0, 0.1) is 13.8 Å². The van der Waals surface area contributed by atoms with Crippen LogP contribution in [-0.2, 0) is 0 Å². The summed E-state index contributed by atoms with van der Waals surface area (Å²) >= 11 is 6.24. The van der Waals surface area contributed by atoms with Crippen molar-refractivity contribution in [3.05, 3.63) is 64.9 Å². The molecule has 100 valence electrons. The van der Waals surface area contributed by atoms with Crippen molar-refractivity contribution >= 4 is 11.6 Å². The highest BCUT2D eigenvalue weighted by molar-refractivity contribution is 6.28. The number of nitrogens with zero attached hydrogens (tertiary/aromatic N) is 3. The van der Waals surface area contributed by atoms with E-state index in [2.05, 4.69) is 23.2 Å². The smallest absolute Gasteiger partial charge is 0.229 e. The van der Waals surface area contributed by atoms with Gasteiger partial charge >= 0.3 is 0 Å². The van der Waals surface area contributed by atoms with Crippen LogP contribution >= 0.6 is 11.6 Å². The van der Waals surface area contributed by atoms with Crippen LogP contribution in [0.4, 0.5) is 0 Å². The molecule has 0 unspecified atom stereocenters. The SMILES string of the molecule is Cc1ccccc1-c1nnc(Cl)n1-c1ccccc1C. The van der Waals surface area contributed by atoms with Crippen LogP contribution in [0.5, 0.6) is 0 Å². The van der Waals surface area contributed by atoms with Crippen LogP contribution < -0.4 is 0 Å². The number of aryl methyl sites for hydroxylation is 2. The minimum Gasteiger partial charge on any atom is -0.265 e. The molecule has 0 spiro atoms. The van der Waals surface area contributed by atoms with Gasteiger partial charge in [0.25, 0.3) is 0 Å². The predicted molar refractivity (Wildman–Crippen MR) is 81.3 cm³/mol. The zero-order chi connectivity index (χ0) is 14.1. The lowest BCUT2D eigenvalue weighted by molar-refractivity contribution is 1.04. The minimum absolute atomic E-state index is 0.373. The van der Waals surface area contributed by atoms with E-state index < -0.39 is 0 Å². The lowest BCUT2D eigenvalue weighted by atomic mass is 10.1. The lowest BCUT2D eigenvalue weighted by Crippen LogP contribution is -2.00. The molecule has 0 atom stereocenters. The summed E-state index contributed by atoms with van der Waals surface area (Å²) in [5.41, 5.74) is 4.31. The maximum atomic E-state index is 6.24. The first kappa shape index (κ1) is 12.9. The maximum absolute atomic E-state index is 6.24. The first-order valence-electron chi connectivity index (χ1n) is 6.41. The molecule has 0 bridgehead atoms. The highest BCUT2D eigenvalue weighted by Crippen LogP contribution is 2.28. The van der Waals surface area contributed by atoms with E-state index >= 15 is 0 Å². The quantitative estimate of drug-likeness (QED) is 0.705. The Kier molecular flexibility index (Phi) is 3.28. The summed E-state index contributed by atoms with van der Waals surface area (Å²) in [5, 5.41) is 8.65. The Morgan fingerprint density at radius 2 is 1.50 bits per heavy atom. The van der Waals surface area contributed by atoms with Gasteiger partial charge in [0.2, 0.25) is 5.28 Å². The van der Waals surface area contributed by atoms with Gasteiger partial charge in [0.1, 0.15) is 0 Å². The Labute approximate surface area is 122 Å². The van der Waals surface area contributed by atoms with E-state index in [9.17, 15) is 0 Å². The van der Waals surface area contributed by atoms with Crippen molar-refractivity contribution in [2.45, 2.75) is 13.8 Å². The van der Waals surface area contributed by atoms with Gasteiger partial charge in [-0.2, -0.15) is 0 Å². The Morgan fingerprint density at radius 1 is 0.850 bits per heavy atom. The number of rotatable bonds is 2. The fraction of sp³-hybridized carbons (Fsp3) is 0.125. The summed E-state index contributed by atoms with van der Waals surface area (Å²) in [6.07, 6.45) is 0. The molecule has 1 aromatic heterocycles. The van der Waals surface area contributed by atoms with E-state index in [4.69, 9.17) is 11.6 Å². The van der Waals surface area contributed by atoms with Gasteiger partial charge in [-0.3, -0.25) is 4.57 Å². The van der Waals surface area contributed by atoms with Crippen LogP contribution in [0.25, 0.3) is 17.1 Å². The summed E-state index contributed by atoms with van der Waals surface area (Å²) in [6, 6.07) is 16.1. The molecule has 3 aromatic rings. The first-order chi connectivity index (χ1) is 9.68. The molecule has 0 radical (unpaired) electrons. The second-order valence-corrected chi connectivity index (χ2v) is 5.07. The average Bonchev–Trinajstić information content (AvgIpc) is 2.82. The molecule has 0 saturated carbocycles. The van der Waals surface area contributed by atoms with Gasteiger partial charge in [0.15, 0.2) is 5.82 Å². The summed E-state index contributed by atoms with van der Waals surface area (Å²) in [7, 11) is 0. The fourth-order valence-electron chi connectivity index (χ4n) is 2.29. The fourth-order valence-corrected chi connectivity index (χ4v) is 2.50. The third-order valence-electron chi connectivity index (χ3n) is 3.37. The van der Waals surface area contributed by atoms with Crippen molar-refractivity contribution in [3.8, 4) is 17.1 Å². The number of aromatic nitrogens is 3. The average molecular weight is 284 g/mol. The van der Waals surface area contributed by atoms with Gasteiger partial charge in [-0.25, -0.2) is 0 Å². The topological polar surface area (TPSA) is 30.7 Å². The Bertz CT molecular complexity index is 762. The third kappa shape index (κ3) is 2.10. The molecule has 0 saturated heterocycles. The molecule has 1 heterocycles. The molecule has 0 aliphatic rings. The monoisotopic (exact) mass is 283 g/mol. The molecule has 20 heavy (non-hydrogen) atoms. The zero-order valence-corrected chi connectivity index (χ0v) is 12.1. The molecule has 0 aliphatic carbocycles. The normalized spacial score (nSPS) is 10.8. The van der Waals surface area contributed by atoms with Gasteiger partial charge in [-0.05, 0) is 42.6 Å². The Morgan fingerprint density at radius 3 is 2.20 bits per heavy atom. The van der Waals surface area contributed by atoms with Gasteiger partial charge in [-0.15, -0.1) is 10.2 Å². The van der Waals surface area contributed by atoms with Gasteiger partial charge in [-0.1, -0.05) is 42.5 Å². The van der Waals surface area contributed by atoms with Crippen LogP contribution in [0.2, 0.25) is 5.28 Å². The molecular formula is C16H14ClN3. The molecule has 0 N–H and O–H groups in total. The van der Waals surface area contributed by atoms with Crippen molar-refractivity contribution in [1.82, 2.24) is 14.8 Å². The van der Waals surface area contributed by atoms with Gasteiger partial charge in [0.05, 0.1) is 5.69 Å². The number of benzene rings is 2. The van der Waals surface area contributed by atoms with Crippen LogP contribution in [-0.4, -0.2) is 14.8 Å². The second-order valence-electron chi connectivity index (χ2n) is 4.73. The summed E-state index contributed by atoms with van der Waals surface area (Å²) < 4.78 is 1.89. The van der Waals surface area contributed by atoms with Crippen molar-refractivity contribution in [3.63, 3.8) is 0 Å². The molecule has 2 aromatic carbocycles. The van der Waals surface area contributed by atoms with Gasteiger partial charge < -0.3 is 0 Å². The van der Waals surface area contributed by atoms with E-state index in [0.717, 1.165) is 28.2 Å². The van der Waals surface area contributed by atoms with Crippen molar-refractivity contribution in [1.29, 1.82) is 0 Å². The van der Waals surface area contributed by atoms with Crippen molar-refractivity contribution in [2.75, 3.05) is 0 Å². The van der Waals surface area contributed by atoms with Gasteiger partial charge in [0, 0.05) is 5.56 Å². The second kappa shape index (κ2) is 5.10. The van der Waals surface area contributed by atoms with E-state index in [-0.39, 0.29) is 0 Å². The highest BCUT2D eigenvalue weighted by atomic mass is 35.5. The van der Waals surface area contributed by atoms with E-state index in [1.165, 1.54) is 0 Å². The Balaban J connectivity index is 2.26. The van der Waals surface area contributed by atoms with E-state index in [0.29, 0.717) is 5.28 Å². The van der Waals surface area contributed by atoms with E-state index in [1.807, 2.05) is 54.0 Å². The number of halogens is 1. The molecule has 0 amide bonds. The summed E-state index contributed by atoms with van der Waals surface area (Å²) in [4.78, 5) is 0. The molecule has 3 rings (SSSR count). The van der Waals surface area contributed by atoms with Crippen LogP contribution in [0.3, 0.4) is 0 Å².